The van der Waals surface area contributed by atoms with Crippen molar-refractivity contribution in [3.63, 3.8) is 0 Å². The highest BCUT2D eigenvalue weighted by Gasteiger charge is 2.16. The molecule has 0 spiro atoms. The van der Waals surface area contributed by atoms with E-state index >= 15 is 0 Å². The van der Waals surface area contributed by atoms with E-state index in [1.807, 2.05) is 6.07 Å². The third-order valence-corrected chi connectivity index (χ3v) is 3.61. The summed E-state index contributed by atoms with van der Waals surface area (Å²) in [6, 6.07) is 18.8. The van der Waals surface area contributed by atoms with Crippen LogP contribution in [0.15, 0.2) is 70.2 Å². The monoisotopic (exact) mass is 347 g/mol. The van der Waals surface area contributed by atoms with Crippen LogP contribution in [0.5, 0.6) is 0 Å². The van der Waals surface area contributed by atoms with Crippen LogP contribution < -0.4 is 0 Å². The van der Waals surface area contributed by atoms with Crippen molar-refractivity contribution in [2.75, 3.05) is 0 Å². The van der Waals surface area contributed by atoms with E-state index in [9.17, 15) is 10.1 Å². The van der Waals surface area contributed by atoms with Crippen molar-refractivity contribution in [2.24, 2.45) is 5.16 Å². The lowest BCUT2D eigenvalue weighted by atomic mass is 10.1. The van der Waals surface area contributed by atoms with Gasteiger partial charge in [0.05, 0.1) is 22.1 Å². The van der Waals surface area contributed by atoms with Crippen molar-refractivity contribution < 1.29 is 14.2 Å². The predicted octanol–water partition coefficient (Wildman–Crippen LogP) is 4.28. The molecule has 0 fully saturated rings. The second-order valence-corrected chi connectivity index (χ2v) is 5.25. The second kappa shape index (κ2) is 7.77. The van der Waals surface area contributed by atoms with Gasteiger partial charge in [0.2, 0.25) is 0 Å². The molecule has 0 radical (unpaired) electrons. The van der Waals surface area contributed by atoms with Gasteiger partial charge in [0, 0.05) is 11.6 Å². The van der Waals surface area contributed by atoms with Crippen LogP contribution >= 0.6 is 0 Å². The van der Waals surface area contributed by atoms with E-state index in [0.717, 1.165) is 5.56 Å². The molecule has 128 valence electrons. The number of benzene rings is 2. The van der Waals surface area contributed by atoms with Gasteiger partial charge in [-0.3, -0.25) is 10.1 Å². The minimum absolute atomic E-state index is 0.0327. The van der Waals surface area contributed by atoms with Gasteiger partial charge in [-0.15, -0.1) is 0 Å². The van der Waals surface area contributed by atoms with E-state index in [1.54, 1.807) is 48.5 Å². The summed E-state index contributed by atoms with van der Waals surface area (Å²) in [6.45, 7) is 0.151. The minimum Gasteiger partial charge on any atom is -0.455 e. The molecule has 3 rings (SSSR count). The van der Waals surface area contributed by atoms with Gasteiger partial charge in [-0.05, 0) is 24.3 Å². The number of para-hydroxylation sites is 1. The van der Waals surface area contributed by atoms with Crippen LogP contribution in [0, 0.1) is 21.4 Å². The summed E-state index contributed by atoms with van der Waals surface area (Å²) in [5.74, 6) is 0.764. The van der Waals surface area contributed by atoms with E-state index in [0.29, 0.717) is 22.6 Å². The summed E-state index contributed by atoms with van der Waals surface area (Å²) < 4.78 is 5.57. The molecule has 0 saturated heterocycles. The normalized spacial score (nSPS) is 10.6. The molecule has 0 amide bonds. The number of nitro benzene ring substituents is 1. The van der Waals surface area contributed by atoms with E-state index in [1.165, 1.54) is 12.3 Å². The lowest BCUT2D eigenvalue weighted by Gasteiger charge is -2.01. The predicted molar refractivity (Wildman–Crippen MR) is 94.3 cm³/mol. The zero-order valence-electron chi connectivity index (χ0n) is 13.5. The average molecular weight is 347 g/mol. The van der Waals surface area contributed by atoms with E-state index in [-0.39, 0.29) is 12.3 Å². The van der Waals surface area contributed by atoms with Gasteiger partial charge in [-0.1, -0.05) is 35.5 Å². The maximum atomic E-state index is 11.1. The summed E-state index contributed by atoms with van der Waals surface area (Å²) in [5.41, 5.74) is 1.61. The molecule has 0 N–H and O–H groups in total. The minimum atomic E-state index is -0.457. The molecule has 0 aliphatic rings. The standard InChI is InChI=1S/C19H13N3O4/c20-11-14-5-1-2-6-15(14)13-25-21-12-16-9-10-19(26-16)17-7-3-4-8-18(17)22(23)24/h1-10,12H,13H2/b21-12+. The van der Waals surface area contributed by atoms with Gasteiger partial charge in [0.25, 0.3) is 5.69 Å². The summed E-state index contributed by atoms with van der Waals surface area (Å²) in [6.07, 6.45) is 1.37. The molecule has 2 aromatic carbocycles. The largest absolute Gasteiger partial charge is 0.455 e. The van der Waals surface area contributed by atoms with Crippen molar-refractivity contribution in [1.82, 2.24) is 0 Å². The molecule has 26 heavy (non-hydrogen) atoms. The lowest BCUT2D eigenvalue weighted by Crippen LogP contribution is -1.91. The Labute approximate surface area is 148 Å². The summed E-state index contributed by atoms with van der Waals surface area (Å²) >= 11 is 0. The van der Waals surface area contributed by atoms with Crippen LogP contribution in [-0.4, -0.2) is 11.1 Å². The van der Waals surface area contributed by atoms with Crippen LogP contribution in [0.25, 0.3) is 11.3 Å². The van der Waals surface area contributed by atoms with Gasteiger partial charge in [0.1, 0.15) is 24.3 Å². The molecule has 0 atom stereocenters. The number of oxime groups is 1. The number of nitro groups is 1. The summed E-state index contributed by atoms with van der Waals surface area (Å²) in [7, 11) is 0. The van der Waals surface area contributed by atoms with Crippen LogP contribution in [0.4, 0.5) is 5.69 Å². The van der Waals surface area contributed by atoms with Gasteiger partial charge in [0.15, 0.2) is 0 Å². The average Bonchev–Trinajstić information content (AvgIpc) is 3.14. The van der Waals surface area contributed by atoms with Crippen LogP contribution in [0.3, 0.4) is 0 Å². The number of nitrogens with zero attached hydrogens (tertiary/aromatic N) is 3. The number of hydrogen-bond acceptors (Lipinski definition) is 6. The molecule has 3 aromatic rings. The molecule has 0 bridgehead atoms. The molecule has 0 aliphatic heterocycles. The van der Waals surface area contributed by atoms with Gasteiger partial charge in [-0.2, -0.15) is 5.26 Å². The fourth-order valence-corrected chi connectivity index (χ4v) is 2.36. The van der Waals surface area contributed by atoms with Crippen LogP contribution in [0.2, 0.25) is 0 Å². The van der Waals surface area contributed by atoms with Gasteiger partial charge < -0.3 is 9.25 Å². The smallest absolute Gasteiger partial charge is 0.280 e. The van der Waals surface area contributed by atoms with Crippen molar-refractivity contribution in [1.29, 1.82) is 5.26 Å². The third kappa shape index (κ3) is 3.76. The molecule has 0 saturated carbocycles. The molecule has 7 heteroatoms. The zero-order chi connectivity index (χ0) is 18.4. The highest BCUT2D eigenvalue weighted by Crippen LogP contribution is 2.30. The van der Waals surface area contributed by atoms with Crippen LogP contribution in [-0.2, 0) is 11.4 Å². The Kier molecular flexibility index (Phi) is 5.05. The number of furan rings is 1. The first-order valence-electron chi connectivity index (χ1n) is 7.66. The van der Waals surface area contributed by atoms with Crippen molar-refractivity contribution >= 4 is 11.9 Å². The molecule has 0 unspecified atom stereocenters. The zero-order valence-corrected chi connectivity index (χ0v) is 13.5. The maximum Gasteiger partial charge on any atom is 0.280 e. The number of nitriles is 1. The van der Waals surface area contributed by atoms with Gasteiger partial charge in [-0.25, -0.2) is 0 Å². The summed E-state index contributed by atoms with van der Waals surface area (Å²) in [5, 5.41) is 23.9. The fraction of sp³-hybridized carbons (Fsp3) is 0.0526. The van der Waals surface area contributed by atoms with Crippen molar-refractivity contribution in [3.05, 3.63) is 87.7 Å². The Hall–Kier alpha value is -3.92. The topological polar surface area (TPSA) is 102 Å². The SMILES string of the molecule is N#Cc1ccccc1CO/N=C/c1ccc(-c2ccccc2[N+](=O)[O-])o1. The Morgan fingerprint density at radius 2 is 1.92 bits per heavy atom. The van der Waals surface area contributed by atoms with Crippen molar-refractivity contribution in [2.45, 2.75) is 6.61 Å². The Morgan fingerprint density at radius 3 is 2.73 bits per heavy atom. The number of hydrogen-bond donors (Lipinski definition) is 0. The Balaban J connectivity index is 1.69. The molecule has 7 nitrogen and oxygen atoms in total. The Morgan fingerprint density at radius 1 is 1.15 bits per heavy atom. The van der Waals surface area contributed by atoms with E-state index < -0.39 is 4.92 Å². The number of rotatable bonds is 6. The fourth-order valence-electron chi connectivity index (χ4n) is 2.36. The maximum absolute atomic E-state index is 11.1. The first-order valence-corrected chi connectivity index (χ1v) is 7.66. The highest BCUT2D eigenvalue weighted by molar-refractivity contribution is 5.78. The summed E-state index contributed by atoms with van der Waals surface area (Å²) in [4.78, 5) is 15.8. The first kappa shape index (κ1) is 16.9. The van der Waals surface area contributed by atoms with Crippen molar-refractivity contribution in [3.8, 4) is 17.4 Å². The lowest BCUT2D eigenvalue weighted by molar-refractivity contribution is -0.384. The van der Waals surface area contributed by atoms with Crippen LogP contribution in [0.1, 0.15) is 16.9 Å². The molecule has 0 aliphatic carbocycles. The molecule has 1 aromatic heterocycles. The molecular weight excluding hydrogens is 334 g/mol. The molecule has 1 heterocycles. The molecular formula is C19H13N3O4. The highest BCUT2D eigenvalue weighted by atomic mass is 16.6. The van der Waals surface area contributed by atoms with E-state index in [4.69, 9.17) is 14.5 Å². The van der Waals surface area contributed by atoms with Gasteiger partial charge >= 0.3 is 0 Å². The third-order valence-electron chi connectivity index (χ3n) is 3.61. The first-order chi connectivity index (χ1) is 12.7. The second-order valence-electron chi connectivity index (χ2n) is 5.25. The quantitative estimate of drug-likeness (QED) is 0.376. The van der Waals surface area contributed by atoms with E-state index in [2.05, 4.69) is 11.2 Å². The Bertz CT molecular complexity index is 1000.